The molecular weight excluding hydrogens is 362 g/mol. The van der Waals surface area contributed by atoms with Crippen molar-refractivity contribution in [3.05, 3.63) is 64.7 Å². The minimum Gasteiger partial charge on any atom is -0.372 e. The average molecular weight is 381 g/mol. The van der Waals surface area contributed by atoms with Gasteiger partial charge in [-0.3, -0.25) is 0 Å². The van der Waals surface area contributed by atoms with E-state index in [0.717, 1.165) is 31.0 Å². The Bertz CT molecular complexity index is 788. The van der Waals surface area contributed by atoms with E-state index in [-0.39, 0.29) is 24.3 Å². The normalized spacial score (nSPS) is 17.2. The highest BCUT2D eigenvalue weighted by atomic mass is 35.5. The molecule has 0 aliphatic carbocycles. The molecule has 1 N–H and O–H groups in total. The van der Waals surface area contributed by atoms with Gasteiger partial charge in [0.2, 0.25) is 0 Å². The number of ether oxygens (including phenoxy) is 1. The number of urea groups is 1. The fourth-order valence-electron chi connectivity index (χ4n) is 2.89. The smallest absolute Gasteiger partial charge is 0.321 e. The molecule has 1 fully saturated rings. The number of benzene rings is 2. The number of anilines is 1. The van der Waals surface area contributed by atoms with E-state index in [4.69, 9.17) is 16.3 Å². The summed E-state index contributed by atoms with van der Waals surface area (Å²) < 4.78 is 32.6. The standard InChI is InChI=1S/C19H19ClF2N2O2/c20-14-3-1-4-16(10-14)23-19(25)24-8-2-5-17(11-24)26-12-13-9-15(21)6-7-18(13)22/h1,3-4,6-7,9-10,17H,2,5,8,11-12H2,(H,23,25). The van der Waals surface area contributed by atoms with Crippen molar-refractivity contribution in [2.24, 2.45) is 0 Å². The highest BCUT2D eigenvalue weighted by Crippen LogP contribution is 2.19. The van der Waals surface area contributed by atoms with Crippen molar-refractivity contribution in [2.45, 2.75) is 25.6 Å². The second-order valence-electron chi connectivity index (χ2n) is 6.20. The molecule has 1 unspecified atom stereocenters. The first-order valence-electron chi connectivity index (χ1n) is 8.38. The summed E-state index contributed by atoms with van der Waals surface area (Å²) in [6, 6.07) is 9.96. The van der Waals surface area contributed by atoms with Gasteiger partial charge in [0.25, 0.3) is 0 Å². The molecule has 0 radical (unpaired) electrons. The van der Waals surface area contributed by atoms with Crippen LogP contribution in [0.1, 0.15) is 18.4 Å². The lowest BCUT2D eigenvalue weighted by atomic mass is 10.1. The van der Waals surface area contributed by atoms with Crippen LogP contribution in [0, 0.1) is 11.6 Å². The van der Waals surface area contributed by atoms with Crippen molar-refractivity contribution in [1.29, 1.82) is 0 Å². The lowest BCUT2D eigenvalue weighted by molar-refractivity contribution is -0.000137. The largest absolute Gasteiger partial charge is 0.372 e. The number of amides is 2. The van der Waals surface area contributed by atoms with E-state index in [9.17, 15) is 13.6 Å². The van der Waals surface area contributed by atoms with Crippen molar-refractivity contribution in [2.75, 3.05) is 18.4 Å². The van der Waals surface area contributed by atoms with Crippen LogP contribution in [0.15, 0.2) is 42.5 Å². The Hall–Kier alpha value is -2.18. The third-order valence-electron chi connectivity index (χ3n) is 4.22. The van der Waals surface area contributed by atoms with Crippen LogP contribution >= 0.6 is 11.6 Å². The Morgan fingerprint density at radius 1 is 1.27 bits per heavy atom. The SMILES string of the molecule is O=C(Nc1cccc(Cl)c1)N1CCCC(OCc2cc(F)ccc2F)C1. The van der Waals surface area contributed by atoms with E-state index in [2.05, 4.69) is 5.32 Å². The number of carbonyl (C=O) groups is 1. The number of halogens is 3. The molecule has 2 aromatic carbocycles. The highest BCUT2D eigenvalue weighted by Gasteiger charge is 2.24. The van der Waals surface area contributed by atoms with E-state index in [1.807, 2.05) is 0 Å². The predicted octanol–water partition coefficient (Wildman–Crippen LogP) is 4.83. The average Bonchev–Trinajstić information content (AvgIpc) is 2.63. The van der Waals surface area contributed by atoms with Crippen molar-refractivity contribution in [3.63, 3.8) is 0 Å². The Morgan fingerprint density at radius 3 is 2.92 bits per heavy atom. The van der Waals surface area contributed by atoms with Crippen LogP contribution in [0.4, 0.5) is 19.3 Å². The highest BCUT2D eigenvalue weighted by molar-refractivity contribution is 6.30. The molecule has 1 atom stereocenters. The van der Waals surface area contributed by atoms with Gasteiger partial charge in [-0.2, -0.15) is 0 Å². The van der Waals surface area contributed by atoms with Crippen molar-refractivity contribution in [1.82, 2.24) is 4.90 Å². The Balaban J connectivity index is 1.55. The third-order valence-corrected chi connectivity index (χ3v) is 4.46. The Labute approximate surface area is 155 Å². The van der Waals surface area contributed by atoms with Crippen LogP contribution in [-0.2, 0) is 11.3 Å². The van der Waals surface area contributed by atoms with E-state index in [0.29, 0.717) is 23.8 Å². The monoisotopic (exact) mass is 380 g/mol. The van der Waals surface area contributed by atoms with Crippen LogP contribution < -0.4 is 5.32 Å². The number of piperidine rings is 1. The van der Waals surface area contributed by atoms with Crippen LogP contribution in [0.5, 0.6) is 0 Å². The van der Waals surface area contributed by atoms with Gasteiger partial charge in [-0.25, -0.2) is 13.6 Å². The molecule has 0 spiro atoms. The molecule has 2 amide bonds. The van der Waals surface area contributed by atoms with Crippen LogP contribution in [0.2, 0.25) is 5.02 Å². The molecule has 26 heavy (non-hydrogen) atoms. The molecule has 138 valence electrons. The number of nitrogens with one attached hydrogen (secondary N) is 1. The fraction of sp³-hybridized carbons (Fsp3) is 0.316. The molecule has 0 saturated carbocycles. The summed E-state index contributed by atoms with van der Waals surface area (Å²) in [5.41, 5.74) is 0.790. The number of carbonyl (C=O) groups excluding carboxylic acids is 1. The second-order valence-corrected chi connectivity index (χ2v) is 6.63. The number of likely N-dealkylation sites (tertiary alicyclic amines) is 1. The minimum atomic E-state index is -0.504. The summed E-state index contributed by atoms with van der Waals surface area (Å²) in [7, 11) is 0. The van der Waals surface area contributed by atoms with Gasteiger partial charge in [0.05, 0.1) is 12.7 Å². The molecule has 1 saturated heterocycles. The maximum Gasteiger partial charge on any atom is 0.321 e. The fourth-order valence-corrected chi connectivity index (χ4v) is 3.08. The van der Waals surface area contributed by atoms with Crippen LogP contribution in [0.3, 0.4) is 0 Å². The van der Waals surface area contributed by atoms with Gasteiger partial charge in [-0.1, -0.05) is 17.7 Å². The summed E-state index contributed by atoms with van der Waals surface area (Å²) >= 11 is 5.92. The Morgan fingerprint density at radius 2 is 2.12 bits per heavy atom. The third kappa shape index (κ3) is 4.93. The van der Waals surface area contributed by atoms with Crippen molar-refractivity contribution >= 4 is 23.3 Å². The summed E-state index contributed by atoms with van der Waals surface area (Å²) in [6.07, 6.45) is 1.31. The lowest BCUT2D eigenvalue weighted by Crippen LogP contribution is -2.45. The summed E-state index contributed by atoms with van der Waals surface area (Å²) in [5.74, 6) is -1.01. The maximum absolute atomic E-state index is 13.7. The zero-order chi connectivity index (χ0) is 18.5. The topological polar surface area (TPSA) is 41.6 Å². The molecule has 2 aromatic rings. The van der Waals surface area contributed by atoms with E-state index in [1.54, 1.807) is 29.2 Å². The molecule has 1 aliphatic rings. The van der Waals surface area contributed by atoms with Gasteiger partial charge in [-0.15, -0.1) is 0 Å². The zero-order valence-corrected chi connectivity index (χ0v) is 14.8. The molecule has 3 rings (SSSR count). The van der Waals surface area contributed by atoms with Gasteiger partial charge in [0.1, 0.15) is 11.6 Å². The molecule has 0 aromatic heterocycles. The van der Waals surface area contributed by atoms with E-state index < -0.39 is 11.6 Å². The molecule has 0 bridgehead atoms. The zero-order valence-electron chi connectivity index (χ0n) is 14.1. The van der Waals surface area contributed by atoms with Gasteiger partial charge in [0, 0.05) is 29.4 Å². The first-order chi connectivity index (χ1) is 12.5. The Kier molecular flexibility index (Phi) is 6.06. The van der Waals surface area contributed by atoms with Gasteiger partial charge in [0.15, 0.2) is 0 Å². The summed E-state index contributed by atoms with van der Waals surface area (Å²) in [4.78, 5) is 14.1. The maximum atomic E-state index is 13.7. The molecule has 7 heteroatoms. The minimum absolute atomic E-state index is 0.0297. The number of hydrogen-bond acceptors (Lipinski definition) is 2. The van der Waals surface area contributed by atoms with Crippen molar-refractivity contribution < 1.29 is 18.3 Å². The molecule has 1 aliphatic heterocycles. The van der Waals surface area contributed by atoms with Gasteiger partial charge >= 0.3 is 6.03 Å². The molecular formula is C19H19ClF2N2O2. The second kappa shape index (κ2) is 8.47. The van der Waals surface area contributed by atoms with Crippen molar-refractivity contribution in [3.8, 4) is 0 Å². The molecule has 4 nitrogen and oxygen atoms in total. The van der Waals surface area contributed by atoms with Crippen LogP contribution in [0.25, 0.3) is 0 Å². The lowest BCUT2D eigenvalue weighted by Gasteiger charge is -2.32. The first kappa shape index (κ1) is 18.6. The van der Waals surface area contributed by atoms with Crippen LogP contribution in [-0.4, -0.2) is 30.1 Å². The van der Waals surface area contributed by atoms with E-state index in [1.165, 1.54) is 0 Å². The first-order valence-corrected chi connectivity index (χ1v) is 8.76. The summed E-state index contributed by atoms with van der Waals surface area (Å²) in [6.45, 7) is 0.974. The number of nitrogens with zero attached hydrogens (tertiary/aromatic N) is 1. The predicted molar refractivity (Wildman–Crippen MR) is 96.2 cm³/mol. The molecule has 1 heterocycles. The quantitative estimate of drug-likeness (QED) is 0.825. The number of rotatable bonds is 4. The van der Waals surface area contributed by atoms with Gasteiger partial charge in [-0.05, 0) is 49.2 Å². The summed E-state index contributed by atoms with van der Waals surface area (Å²) in [5, 5.41) is 3.34. The van der Waals surface area contributed by atoms with E-state index >= 15 is 0 Å². The van der Waals surface area contributed by atoms with Gasteiger partial charge < -0.3 is 15.0 Å². The number of hydrogen-bond donors (Lipinski definition) is 1.